The van der Waals surface area contributed by atoms with Crippen molar-refractivity contribution in [3.63, 3.8) is 0 Å². The highest BCUT2D eigenvalue weighted by atomic mass is 19.1. The van der Waals surface area contributed by atoms with Crippen LogP contribution in [0.15, 0.2) is 48.8 Å². The normalized spacial score (nSPS) is 14.4. The molecule has 0 spiro atoms. The number of aromatic nitrogens is 2. The van der Waals surface area contributed by atoms with Gasteiger partial charge in [0, 0.05) is 46.7 Å². The molecule has 0 aliphatic carbocycles. The Bertz CT molecular complexity index is 1170. The molecule has 3 heterocycles. The number of hydrogen-bond acceptors (Lipinski definition) is 4. The lowest BCUT2D eigenvalue weighted by Crippen LogP contribution is -2.22. The maximum atomic E-state index is 15.1. The summed E-state index contributed by atoms with van der Waals surface area (Å²) in [7, 11) is 0. The van der Waals surface area contributed by atoms with Crippen molar-refractivity contribution in [1.29, 1.82) is 0 Å². The van der Waals surface area contributed by atoms with E-state index in [-0.39, 0.29) is 23.2 Å². The Labute approximate surface area is 188 Å². The summed E-state index contributed by atoms with van der Waals surface area (Å²) in [6.45, 7) is 11.4. The van der Waals surface area contributed by atoms with Crippen LogP contribution < -0.4 is 5.32 Å². The van der Waals surface area contributed by atoms with Crippen LogP contribution in [-0.4, -0.2) is 27.3 Å². The summed E-state index contributed by atoms with van der Waals surface area (Å²) in [6, 6.07) is 10.7. The summed E-state index contributed by atoms with van der Waals surface area (Å²) in [4.78, 5) is 23.1. The minimum absolute atomic E-state index is 0.0305. The molecule has 4 rings (SSSR count). The van der Waals surface area contributed by atoms with Gasteiger partial charge in [-0.15, -0.1) is 0 Å². The summed E-state index contributed by atoms with van der Waals surface area (Å²) in [5.41, 5.74) is 4.58. The summed E-state index contributed by atoms with van der Waals surface area (Å²) in [5, 5.41) is 3.37. The number of carbonyl (C=O) groups excluding carboxylic acids is 1. The number of fused-ring (bicyclic) bond motifs is 1. The molecular formula is C26H29FN4O. The van der Waals surface area contributed by atoms with Gasteiger partial charge in [0.2, 0.25) is 0 Å². The van der Waals surface area contributed by atoms with E-state index < -0.39 is 0 Å². The van der Waals surface area contributed by atoms with Gasteiger partial charge in [0.15, 0.2) is 0 Å². The second-order valence-electron chi connectivity index (χ2n) is 9.29. The van der Waals surface area contributed by atoms with Gasteiger partial charge in [-0.3, -0.25) is 9.78 Å². The monoisotopic (exact) mass is 432 g/mol. The van der Waals surface area contributed by atoms with E-state index in [1.54, 1.807) is 29.4 Å². The van der Waals surface area contributed by atoms with E-state index in [1.165, 1.54) is 0 Å². The first-order valence-corrected chi connectivity index (χ1v) is 11.0. The third kappa shape index (κ3) is 4.09. The van der Waals surface area contributed by atoms with Crippen molar-refractivity contribution in [2.45, 2.75) is 52.6 Å². The molecule has 1 aliphatic rings. The summed E-state index contributed by atoms with van der Waals surface area (Å²) in [6.07, 6.45) is 3.38. The molecule has 0 bridgehead atoms. The highest BCUT2D eigenvalue weighted by molar-refractivity contribution is 5.99. The van der Waals surface area contributed by atoms with E-state index in [9.17, 15) is 4.79 Å². The average molecular weight is 433 g/mol. The largest absolute Gasteiger partial charge is 0.363 e. The van der Waals surface area contributed by atoms with Crippen molar-refractivity contribution in [2.24, 2.45) is 0 Å². The van der Waals surface area contributed by atoms with Crippen molar-refractivity contribution in [3.8, 4) is 11.1 Å². The molecule has 6 heteroatoms. The van der Waals surface area contributed by atoms with Crippen LogP contribution in [-0.2, 0) is 12.0 Å². The molecule has 3 aromatic rings. The molecule has 166 valence electrons. The molecule has 5 nitrogen and oxygen atoms in total. The van der Waals surface area contributed by atoms with Gasteiger partial charge in [-0.2, -0.15) is 0 Å². The van der Waals surface area contributed by atoms with Gasteiger partial charge in [0.1, 0.15) is 11.6 Å². The van der Waals surface area contributed by atoms with Crippen molar-refractivity contribution in [1.82, 2.24) is 14.9 Å². The summed E-state index contributed by atoms with van der Waals surface area (Å²) < 4.78 is 15.1. The number of hydrogen-bond donors (Lipinski definition) is 1. The highest BCUT2D eigenvalue weighted by Crippen LogP contribution is 2.32. The van der Waals surface area contributed by atoms with Crippen LogP contribution >= 0.6 is 0 Å². The smallest absolute Gasteiger partial charge is 0.254 e. The third-order valence-electron chi connectivity index (χ3n) is 5.99. The molecule has 0 saturated heterocycles. The first-order valence-electron chi connectivity index (χ1n) is 11.0. The predicted molar refractivity (Wildman–Crippen MR) is 125 cm³/mol. The minimum atomic E-state index is -0.277. The number of amides is 1. The molecule has 1 unspecified atom stereocenters. The summed E-state index contributed by atoms with van der Waals surface area (Å²) in [5.74, 6) is 0.427. The molecule has 1 N–H and O–H groups in total. The fourth-order valence-electron chi connectivity index (χ4n) is 4.00. The van der Waals surface area contributed by atoms with E-state index in [1.807, 2.05) is 38.1 Å². The van der Waals surface area contributed by atoms with Gasteiger partial charge >= 0.3 is 0 Å². The molecule has 0 fully saturated rings. The van der Waals surface area contributed by atoms with E-state index >= 15 is 4.39 Å². The Morgan fingerprint density at radius 2 is 1.84 bits per heavy atom. The Morgan fingerprint density at radius 3 is 2.53 bits per heavy atom. The number of anilines is 1. The number of benzene rings is 1. The van der Waals surface area contributed by atoms with Crippen molar-refractivity contribution >= 4 is 11.7 Å². The van der Waals surface area contributed by atoms with E-state index in [0.717, 1.165) is 22.4 Å². The molecule has 1 aromatic carbocycles. The SMILES string of the molecule is CCN1Cc2c(ccnc2NC(C)c2ccc(-c3ccnc(C(C)(C)C)c3)c(F)c2)C1=O. The van der Waals surface area contributed by atoms with E-state index in [2.05, 4.69) is 36.1 Å². The maximum absolute atomic E-state index is 15.1. The molecule has 1 amide bonds. The van der Waals surface area contributed by atoms with Crippen LogP contribution in [0.5, 0.6) is 0 Å². The lowest BCUT2D eigenvalue weighted by molar-refractivity contribution is 0.0787. The Kier molecular flexibility index (Phi) is 5.71. The number of rotatable bonds is 5. The zero-order valence-corrected chi connectivity index (χ0v) is 19.2. The summed E-state index contributed by atoms with van der Waals surface area (Å²) >= 11 is 0. The fourth-order valence-corrected chi connectivity index (χ4v) is 4.00. The topological polar surface area (TPSA) is 58.1 Å². The lowest BCUT2D eigenvalue weighted by Gasteiger charge is -2.19. The van der Waals surface area contributed by atoms with Gasteiger partial charge in [-0.05, 0) is 49.2 Å². The second-order valence-corrected chi connectivity index (χ2v) is 9.29. The number of pyridine rings is 2. The van der Waals surface area contributed by atoms with Gasteiger partial charge < -0.3 is 10.2 Å². The number of nitrogens with zero attached hydrogens (tertiary/aromatic N) is 3. The van der Waals surface area contributed by atoms with Gasteiger partial charge in [-0.1, -0.05) is 32.9 Å². The molecule has 1 atom stereocenters. The molecule has 0 radical (unpaired) electrons. The Balaban J connectivity index is 1.58. The predicted octanol–water partition coefficient (Wildman–Crippen LogP) is 5.73. The maximum Gasteiger partial charge on any atom is 0.254 e. The molecule has 2 aromatic heterocycles. The van der Waals surface area contributed by atoms with Crippen LogP contribution in [0.1, 0.15) is 67.8 Å². The highest BCUT2D eigenvalue weighted by Gasteiger charge is 2.29. The van der Waals surface area contributed by atoms with Crippen LogP contribution in [0.2, 0.25) is 0 Å². The minimum Gasteiger partial charge on any atom is -0.363 e. The van der Waals surface area contributed by atoms with Crippen molar-refractivity contribution < 1.29 is 9.18 Å². The van der Waals surface area contributed by atoms with Gasteiger partial charge in [0.25, 0.3) is 5.91 Å². The molecule has 1 aliphatic heterocycles. The number of carbonyl (C=O) groups is 1. The first-order chi connectivity index (χ1) is 15.2. The van der Waals surface area contributed by atoms with Gasteiger partial charge in [-0.25, -0.2) is 9.37 Å². The second kappa shape index (κ2) is 8.34. The van der Waals surface area contributed by atoms with Crippen molar-refractivity contribution in [3.05, 3.63) is 77.0 Å². The quantitative estimate of drug-likeness (QED) is 0.559. The molecular weight excluding hydrogens is 403 g/mol. The molecule has 32 heavy (non-hydrogen) atoms. The standard InChI is InChI=1S/C26H29FN4O/c1-6-31-15-21-20(25(31)32)10-12-29-24(21)30-16(2)17-7-8-19(22(27)13-17)18-9-11-28-23(14-18)26(3,4)5/h7-14,16H,6,15H2,1-5H3,(H,29,30). The average Bonchev–Trinajstić information content (AvgIpc) is 3.10. The van der Waals surface area contributed by atoms with Crippen molar-refractivity contribution in [2.75, 3.05) is 11.9 Å². The zero-order valence-electron chi connectivity index (χ0n) is 19.2. The van der Waals surface area contributed by atoms with Crippen LogP contribution in [0.3, 0.4) is 0 Å². The molecule has 0 saturated carbocycles. The Morgan fingerprint density at radius 1 is 1.09 bits per heavy atom. The zero-order chi connectivity index (χ0) is 23.0. The number of nitrogens with one attached hydrogen (secondary N) is 1. The fraction of sp³-hybridized carbons (Fsp3) is 0.346. The third-order valence-corrected chi connectivity index (χ3v) is 5.99. The van der Waals surface area contributed by atoms with Crippen LogP contribution in [0.4, 0.5) is 10.2 Å². The van der Waals surface area contributed by atoms with E-state index in [0.29, 0.717) is 30.0 Å². The Hall–Kier alpha value is -3.28. The van der Waals surface area contributed by atoms with Gasteiger partial charge in [0.05, 0.1) is 12.6 Å². The first kappa shape index (κ1) is 21.9. The van der Waals surface area contributed by atoms with Crippen LogP contribution in [0.25, 0.3) is 11.1 Å². The van der Waals surface area contributed by atoms with Crippen LogP contribution in [0, 0.1) is 5.82 Å². The number of halogens is 1. The lowest BCUT2D eigenvalue weighted by atomic mass is 9.89. The van der Waals surface area contributed by atoms with E-state index in [4.69, 9.17) is 0 Å².